The monoisotopic (exact) mass is 787 g/mol. The first-order valence-corrected chi connectivity index (χ1v) is 21.8. The number of hydrogen-bond donors (Lipinski definition) is 8. The number of nitrogens with one attached hydrogen (secondary N) is 1. The van der Waals surface area contributed by atoms with Crippen LogP contribution in [0.5, 0.6) is 0 Å². The van der Waals surface area contributed by atoms with Crippen molar-refractivity contribution < 1.29 is 54.8 Å². The maximum atomic E-state index is 13.6. The van der Waals surface area contributed by atoms with Crippen LogP contribution in [-0.4, -0.2) is 111 Å². The zero-order valence-corrected chi connectivity index (χ0v) is 34.2. The lowest BCUT2D eigenvalue weighted by atomic mass is 9.31. The molecule has 6 aliphatic carbocycles. The molecule has 7 fully saturated rings. The zero-order chi connectivity index (χ0) is 40.4. The summed E-state index contributed by atoms with van der Waals surface area (Å²) in [6, 6.07) is 0. The number of aliphatic hydroxyl groups excluding tert-OH is 6. The van der Waals surface area contributed by atoms with Crippen molar-refractivity contribution in [3.05, 3.63) is 11.6 Å². The Kier molecular flexibility index (Phi) is 10.1. The average Bonchev–Trinajstić information content (AvgIpc) is 3.78. The SMILES string of the molecule is C[C@]1(CO)CC[C@]2(C(=O)O)CC[C@]3(C)C(=CC[C@@H]4[C@@]5(C)[C@H](C[C@H]6CNC(=O)C67CCCC7)[C@@H](O)[C@@H](O[C@@H]6OC[C@@H](O)[C@H](O)[C@H]6O)[C@@](C)(CO)[C@H]5CC[C@]43C)[C@@H]2C1. The molecule has 56 heavy (non-hydrogen) atoms. The summed E-state index contributed by atoms with van der Waals surface area (Å²) in [7, 11) is 0. The smallest absolute Gasteiger partial charge is 0.310 e. The third-order valence-corrected chi connectivity index (χ3v) is 19.3. The molecule has 2 saturated heterocycles. The van der Waals surface area contributed by atoms with Gasteiger partial charge in [-0.3, -0.25) is 9.59 Å². The molecule has 0 unspecified atom stereocenters. The Morgan fingerprint density at radius 1 is 0.893 bits per heavy atom. The van der Waals surface area contributed by atoms with Crippen LogP contribution >= 0.6 is 0 Å². The molecule has 0 aromatic carbocycles. The molecule has 17 atom stereocenters. The van der Waals surface area contributed by atoms with Crippen LogP contribution in [0.4, 0.5) is 0 Å². The van der Waals surface area contributed by atoms with E-state index in [0.717, 1.165) is 44.9 Å². The van der Waals surface area contributed by atoms with E-state index in [-0.39, 0.29) is 71.6 Å². The standard InChI is InChI=1S/C44H69NO11/c1-38(22-46)14-16-44(37(53)54)17-15-40(3)25(27(44)19-38)8-9-30-41(40,4)13-10-29-39(2,23-47)34(56-35-33(51)32(50)28(48)21-55-35)31(49)26(42(29,30)5)18-24-20-45-36(52)43(24)11-6-7-12-43/h8,24,26-35,46-51H,6-7,9-23H2,1-5H3,(H,45,52)(H,53,54)/t24-,26+,27-,28+,29+,30-,31+,32-,33+,34+,35-,38-,39-,40+,41+,42-,44-/m0/s1. The maximum Gasteiger partial charge on any atom is 0.310 e. The summed E-state index contributed by atoms with van der Waals surface area (Å²) < 4.78 is 12.3. The van der Waals surface area contributed by atoms with Gasteiger partial charge in [-0.15, -0.1) is 0 Å². The van der Waals surface area contributed by atoms with Gasteiger partial charge in [0.15, 0.2) is 6.29 Å². The Labute approximate surface area is 331 Å². The Morgan fingerprint density at radius 3 is 2.25 bits per heavy atom. The summed E-state index contributed by atoms with van der Waals surface area (Å²) in [5.74, 6) is -1.31. The van der Waals surface area contributed by atoms with E-state index >= 15 is 0 Å². The molecule has 5 saturated carbocycles. The maximum absolute atomic E-state index is 13.6. The number of ether oxygens (including phenoxy) is 2. The van der Waals surface area contributed by atoms with Crippen LogP contribution < -0.4 is 5.32 Å². The van der Waals surface area contributed by atoms with Gasteiger partial charge in [0.2, 0.25) is 5.91 Å². The first kappa shape index (κ1) is 41.1. The quantitative estimate of drug-likeness (QED) is 0.138. The molecular formula is C44H69NO11. The molecular weight excluding hydrogens is 718 g/mol. The van der Waals surface area contributed by atoms with Crippen LogP contribution in [0, 0.1) is 67.5 Å². The van der Waals surface area contributed by atoms with Gasteiger partial charge in [-0.05, 0) is 122 Å². The summed E-state index contributed by atoms with van der Waals surface area (Å²) in [4.78, 5) is 26.9. The molecule has 12 heteroatoms. The zero-order valence-electron chi connectivity index (χ0n) is 34.2. The van der Waals surface area contributed by atoms with Gasteiger partial charge in [0.05, 0.1) is 36.3 Å². The van der Waals surface area contributed by atoms with Gasteiger partial charge in [-0.25, -0.2) is 0 Å². The second-order valence-corrected chi connectivity index (χ2v) is 21.4. The van der Waals surface area contributed by atoms with Crippen LogP contribution in [-0.2, 0) is 19.1 Å². The number of carbonyl (C=O) groups excluding carboxylic acids is 1. The van der Waals surface area contributed by atoms with Crippen molar-refractivity contribution >= 4 is 11.9 Å². The average molecular weight is 788 g/mol. The lowest BCUT2D eigenvalue weighted by molar-refractivity contribution is -0.340. The fourth-order valence-electron chi connectivity index (χ4n) is 15.6. The molecule has 0 radical (unpaired) electrons. The van der Waals surface area contributed by atoms with Gasteiger partial charge in [0.25, 0.3) is 0 Å². The summed E-state index contributed by atoms with van der Waals surface area (Å²) in [6.07, 6.45) is 4.13. The number of carboxylic acids is 1. The van der Waals surface area contributed by atoms with E-state index in [0.29, 0.717) is 45.1 Å². The third kappa shape index (κ3) is 5.37. The first-order chi connectivity index (χ1) is 26.3. The highest BCUT2D eigenvalue weighted by Gasteiger charge is 2.74. The van der Waals surface area contributed by atoms with Crippen molar-refractivity contribution in [1.29, 1.82) is 0 Å². The number of hydrogen-bond acceptors (Lipinski definition) is 10. The van der Waals surface area contributed by atoms with Gasteiger partial charge in [0, 0.05) is 18.6 Å². The van der Waals surface area contributed by atoms with Crippen molar-refractivity contribution in [2.45, 2.75) is 155 Å². The number of amides is 1. The highest BCUT2D eigenvalue weighted by molar-refractivity contribution is 5.85. The normalized spacial score (nSPS) is 53.7. The molecule has 8 N–H and O–H groups in total. The lowest BCUT2D eigenvalue weighted by Gasteiger charge is -2.73. The van der Waals surface area contributed by atoms with Crippen LogP contribution in [0.3, 0.4) is 0 Å². The van der Waals surface area contributed by atoms with Crippen molar-refractivity contribution in [2.24, 2.45) is 67.5 Å². The van der Waals surface area contributed by atoms with E-state index in [1.54, 1.807) is 0 Å². The van der Waals surface area contributed by atoms with Gasteiger partial charge in [-0.1, -0.05) is 59.1 Å². The van der Waals surface area contributed by atoms with Crippen molar-refractivity contribution in [3.63, 3.8) is 0 Å². The Bertz CT molecular complexity index is 1600. The van der Waals surface area contributed by atoms with Gasteiger partial charge >= 0.3 is 5.97 Å². The van der Waals surface area contributed by atoms with Crippen molar-refractivity contribution in [1.82, 2.24) is 5.32 Å². The van der Waals surface area contributed by atoms with E-state index in [4.69, 9.17) is 9.47 Å². The van der Waals surface area contributed by atoms with Crippen LogP contribution in [0.15, 0.2) is 11.6 Å². The molecule has 1 amide bonds. The minimum atomic E-state index is -1.56. The molecule has 8 aliphatic rings. The van der Waals surface area contributed by atoms with Crippen LogP contribution in [0.1, 0.15) is 118 Å². The molecule has 12 nitrogen and oxygen atoms in total. The van der Waals surface area contributed by atoms with Crippen LogP contribution in [0.2, 0.25) is 0 Å². The Hall–Kier alpha value is -1.64. The largest absolute Gasteiger partial charge is 0.481 e. The van der Waals surface area contributed by atoms with Gasteiger partial charge in [0.1, 0.15) is 18.3 Å². The van der Waals surface area contributed by atoms with Crippen molar-refractivity contribution in [3.8, 4) is 0 Å². The fraction of sp³-hybridized carbons (Fsp3) is 0.909. The van der Waals surface area contributed by atoms with Gasteiger partial charge in [-0.2, -0.15) is 0 Å². The number of carboxylic acid groups (broad SMARTS) is 1. The minimum absolute atomic E-state index is 0.00929. The molecule has 0 aromatic rings. The number of aliphatic hydroxyl groups is 6. The van der Waals surface area contributed by atoms with E-state index in [1.807, 2.05) is 6.92 Å². The predicted molar refractivity (Wildman–Crippen MR) is 204 cm³/mol. The third-order valence-electron chi connectivity index (χ3n) is 19.3. The van der Waals surface area contributed by atoms with E-state index in [1.165, 1.54) is 5.57 Å². The van der Waals surface area contributed by atoms with Crippen molar-refractivity contribution in [2.75, 3.05) is 26.4 Å². The van der Waals surface area contributed by atoms with Gasteiger partial charge < -0.3 is 50.5 Å². The van der Waals surface area contributed by atoms with Crippen LogP contribution in [0.25, 0.3) is 0 Å². The summed E-state index contributed by atoms with van der Waals surface area (Å²) in [5, 5.41) is 80.9. The molecule has 8 rings (SSSR count). The first-order valence-electron chi connectivity index (χ1n) is 21.8. The number of aliphatic carboxylic acids is 1. The number of carbonyl (C=O) groups is 2. The number of rotatable bonds is 7. The molecule has 0 aromatic heterocycles. The highest BCUT2D eigenvalue weighted by atomic mass is 16.7. The predicted octanol–water partition coefficient (Wildman–Crippen LogP) is 3.54. The van der Waals surface area contributed by atoms with E-state index in [9.17, 15) is 45.3 Å². The Balaban J connectivity index is 1.23. The molecule has 0 bridgehead atoms. The fourth-order valence-corrected chi connectivity index (χ4v) is 15.6. The topological polar surface area (TPSA) is 206 Å². The second-order valence-electron chi connectivity index (χ2n) is 21.4. The summed E-state index contributed by atoms with van der Waals surface area (Å²) in [6.45, 7) is 11.1. The highest BCUT2D eigenvalue weighted by Crippen LogP contribution is 2.77. The summed E-state index contributed by atoms with van der Waals surface area (Å²) in [5.41, 5.74) is -2.66. The lowest BCUT2D eigenvalue weighted by Crippen LogP contribution is -2.72. The molecule has 2 aliphatic heterocycles. The van der Waals surface area contributed by atoms with E-state index in [2.05, 4.69) is 39.1 Å². The Morgan fingerprint density at radius 2 is 1.59 bits per heavy atom. The minimum Gasteiger partial charge on any atom is -0.481 e. The van der Waals surface area contributed by atoms with E-state index < -0.39 is 64.4 Å². The number of fused-ring (bicyclic) bond motifs is 7. The second kappa shape index (κ2) is 13.7. The molecule has 316 valence electrons. The number of allylic oxidation sites excluding steroid dienone is 2. The molecule has 2 heterocycles. The summed E-state index contributed by atoms with van der Waals surface area (Å²) >= 11 is 0. The molecule has 1 spiro atoms.